The Balaban J connectivity index is 2.38. The molecule has 2 rings (SSSR count). The Hall–Kier alpha value is -2.04. The average molecular weight is 220 g/mol. The maximum Gasteiger partial charge on any atom is 0.437 e. The van der Waals surface area contributed by atoms with Crippen LogP contribution in [-0.2, 0) is 6.54 Å². The predicted octanol–water partition coefficient (Wildman–Crippen LogP) is 1.53. The van der Waals surface area contributed by atoms with E-state index in [1.807, 2.05) is 6.92 Å². The van der Waals surface area contributed by atoms with Crippen molar-refractivity contribution in [3.63, 3.8) is 0 Å². The SMILES string of the molecule is CCn1nc(-c2ccc(OC)cc2)oc1=O. The predicted molar refractivity (Wildman–Crippen MR) is 58.4 cm³/mol. The lowest BCUT2D eigenvalue weighted by molar-refractivity contribution is 0.415. The van der Waals surface area contributed by atoms with Crippen LogP contribution in [0.1, 0.15) is 6.92 Å². The molecular formula is C11H12N2O3. The summed E-state index contributed by atoms with van der Waals surface area (Å²) in [7, 11) is 1.60. The van der Waals surface area contributed by atoms with E-state index in [4.69, 9.17) is 9.15 Å². The van der Waals surface area contributed by atoms with E-state index in [0.29, 0.717) is 12.4 Å². The van der Waals surface area contributed by atoms with Gasteiger partial charge in [-0.3, -0.25) is 0 Å². The molecule has 0 saturated heterocycles. The summed E-state index contributed by atoms with van der Waals surface area (Å²) >= 11 is 0. The van der Waals surface area contributed by atoms with E-state index >= 15 is 0 Å². The van der Waals surface area contributed by atoms with Crippen molar-refractivity contribution in [1.29, 1.82) is 0 Å². The number of aryl methyl sites for hydroxylation is 1. The van der Waals surface area contributed by atoms with Crippen molar-refractivity contribution in [2.24, 2.45) is 0 Å². The zero-order chi connectivity index (χ0) is 11.5. The Morgan fingerprint density at radius 2 is 2.06 bits per heavy atom. The second kappa shape index (κ2) is 4.22. The third-order valence-corrected chi connectivity index (χ3v) is 2.24. The summed E-state index contributed by atoms with van der Waals surface area (Å²) in [6.07, 6.45) is 0. The van der Waals surface area contributed by atoms with E-state index < -0.39 is 5.76 Å². The van der Waals surface area contributed by atoms with E-state index in [0.717, 1.165) is 11.3 Å². The maximum absolute atomic E-state index is 11.3. The molecule has 5 heteroatoms. The van der Waals surface area contributed by atoms with Crippen LogP contribution in [-0.4, -0.2) is 16.9 Å². The number of aromatic nitrogens is 2. The largest absolute Gasteiger partial charge is 0.497 e. The van der Waals surface area contributed by atoms with Gasteiger partial charge in [-0.1, -0.05) is 0 Å². The van der Waals surface area contributed by atoms with Crippen LogP contribution in [0.25, 0.3) is 11.5 Å². The molecule has 0 aliphatic heterocycles. The molecule has 84 valence electrons. The van der Waals surface area contributed by atoms with Gasteiger partial charge in [-0.25, -0.2) is 4.79 Å². The van der Waals surface area contributed by atoms with Gasteiger partial charge in [0, 0.05) is 12.1 Å². The van der Waals surface area contributed by atoms with Crippen molar-refractivity contribution in [2.45, 2.75) is 13.5 Å². The molecule has 0 amide bonds. The Kier molecular flexibility index (Phi) is 2.76. The first kappa shape index (κ1) is 10.5. The van der Waals surface area contributed by atoms with Gasteiger partial charge in [-0.15, -0.1) is 5.10 Å². The molecule has 0 aliphatic rings. The lowest BCUT2D eigenvalue weighted by atomic mass is 10.2. The van der Waals surface area contributed by atoms with Crippen LogP contribution in [0, 0.1) is 0 Å². The maximum atomic E-state index is 11.3. The number of rotatable bonds is 3. The molecule has 2 aromatic rings. The number of methoxy groups -OCH3 is 1. The fourth-order valence-corrected chi connectivity index (χ4v) is 1.36. The van der Waals surface area contributed by atoms with Crippen LogP contribution in [0.5, 0.6) is 5.75 Å². The molecule has 0 bridgehead atoms. The van der Waals surface area contributed by atoms with Gasteiger partial charge in [0.1, 0.15) is 5.75 Å². The molecule has 5 nitrogen and oxygen atoms in total. The van der Waals surface area contributed by atoms with Crippen molar-refractivity contribution in [3.8, 4) is 17.2 Å². The van der Waals surface area contributed by atoms with E-state index in [1.165, 1.54) is 4.68 Å². The molecule has 0 radical (unpaired) electrons. The van der Waals surface area contributed by atoms with Crippen molar-refractivity contribution in [3.05, 3.63) is 34.8 Å². The minimum Gasteiger partial charge on any atom is -0.497 e. The van der Waals surface area contributed by atoms with Crippen LogP contribution in [0.2, 0.25) is 0 Å². The van der Waals surface area contributed by atoms with E-state index in [1.54, 1.807) is 31.4 Å². The third-order valence-electron chi connectivity index (χ3n) is 2.24. The molecule has 1 aromatic heterocycles. The standard InChI is InChI=1S/C11H12N2O3/c1-3-13-11(14)16-10(12-13)8-4-6-9(15-2)7-5-8/h4-7H,3H2,1-2H3. The van der Waals surface area contributed by atoms with Gasteiger partial charge >= 0.3 is 5.76 Å². The van der Waals surface area contributed by atoms with E-state index in [2.05, 4.69) is 5.10 Å². The molecule has 16 heavy (non-hydrogen) atoms. The monoisotopic (exact) mass is 220 g/mol. The van der Waals surface area contributed by atoms with Crippen LogP contribution in [0.15, 0.2) is 33.5 Å². The van der Waals surface area contributed by atoms with Crippen molar-refractivity contribution < 1.29 is 9.15 Å². The average Bonchev–Trinajstić information content (AvgIpc) is 2.71. The normalized spacial score (nSPS) is 10.4. The lowest BCUT2D eigenvalue weighted by Gasteiger charge is -1.98. The van der Waals surface area contributed by atoms with Gasteiger partial charge in [0.2, 0.25) is 5.89 Å². The summed E-state index contributed by atoms with van der Waals surface area (Å²) in [6.45, 7) is 2.33. The Morgan fingerprint density at radius 3 is 2.56 bits per heavy atom. The van der Waals surface area contributed by atoms with Crippen LogP contribution >= 0.6 is 0 Å². The Bertz CT molecular complexity index is 525. The third kappa shape index (κ3) is 1.84. The topological polar surface area (TPSA) is 57.3 Å². The molecular weight excluding hydrogens is 208 g/mol. The van der Waals surface area contributed by atoms with Crippen molar-refractivity contribution in [2.75, 3.05) is 7.11 Å². The first-order valence-electron chi connectivity index (χ1n) is 4.97. The summed E-state index contributed by atoms with van der Waals surface area (Å²) in [5.74, 6) is 0.642. The number of nitrogens with zero attached hydrogens (tertiary/aromatic N) is 2. The Labute approximate surface area is 92.3 Å². The van der Waals surface area contributed by atoms with Gasteiger partial charge in [-0.2, -0.15) is 4.68 Å². The van der Waals surface area contributed by atoms with Crippen molar-refractivity contribution in [1.82, 2.24) is 9.78 Å². The highest BCUT2D eigenvalue weighted by atomic mass is 16.5. The fraction of sp³-hybridized carbons (Fsp3) is 0.273. The van der Waals surface area contributed by atoms with Gasteiger partial charge in [0.25, 0.3) is 0 Å². The van der Waals surface area contributed by atoms with Crippen LogP contribution in [0.4, 0.5) is 0 Å². The number of ether oxygens (including phenoxy) is 1. The quantitative estimate of drug-likeness (QED) is 0.787. The minimum absolute atomic E-state index is 0.328. The van der Waals surface area contributed by atoms with E-state index in [9.17, 15) is 4.79 Å². The van der Waals surface area contributed by atoms with Gasteiger partial charge in [0.05, 0.1) is 7.11 Å². The highest BCUT2D eigenvalue weighted by Gasteiger charge is 2.08. The summed E-state index contributed by atoms with van der Waals surface area (Å²) in [4.78, 5) is 11.3. The van der Waals surface area contributed by atoms with Crippen molar-refractivity contribution >= 4 is 0 Å². The van der Waals surface area contributed by atoms with E-state index in [-0.39, 0.29) is 0 Å². The van der Waals surface area contributed by atoms with Crippen LogP contribution in [0.3, 0.4) is 0 Å². The fourth-order valence-electron chi connectivity index (χ4n) is 1.36. The summed E-state index contributed by atoms with van der Waals surface area (Å²) < 4.78 is 11.3. The number of benzene rings is 1. The number of hydrogen-bond donors (Lipinski definition) is 0. The molecule has 1 heterocycles. The minimum atomic E-state index is -0.437. The molecule has 0 aliphatic carbocycles. The van der Waals surface area contributed by atoms with Crippen LogP contribution < -0.4 is 10.5 Å². The van der Waals surface area contributed by atoms with Gasteiger partial charge < -0.3 is 9.15 Å². The lowest BCUT2D eigenvalue weighted by Crippen LogP contribution is -2.13. The summed E-state index contributed by atoms with van der Waals surface area (Å²) in [5, 5.41) is 4.05. The molecule has 0 saturated carbocycles. The molecule has 0 N–H and O–H groups in total. The first-order valence-corrected chi connectivity index (χ1v) is 4.97. The smallest absolute Gasteiger partial charge is 0.437 e. The van der Waals surface area contributed by atoms with Gasteiger partial charge in [-0.05, 0) is 31.2 Å². The molecule has 0 fully saturated rings. The first-order chi connectivity index (χ1) is 7.74. The number of hydrogen-bond acceptors (Lipinski definition) is 4. The van der Waals surface area contributed by atoms with Gasteiger partial charge in [0.15, 0.2) is 0 Å². The molecule has 0 spiro atoms. The zero-order valence-electron chi connectivity index (χ0n) is 9.14. The second-order valence-electron chi connectivity index (χ2n) is 3.22. The second-order valence-corrected chi connectivity index (χ2v) is 3.22. The highest BCUT2D eigenvalue weighted by Crippen LogP contribution is 2.19. The summed E-state index contributed by atoms with van der Waals surface area (Å²) in [5.41, 5.74) is 0.755. The summed E-state index contributed by atoms with van der Waals surface area (Å²) in [6, 6.07) is 7.18. The molecule has 0 unspecified atom stereocenters. The highest BCUT2D eigenvalue weighted by molar-refractivity contribution is 5.53. The molecule has 1 aromatic carbocycles. The zero-order valence-corrected chi connectivity index (χ0v) is 9.14. The Morgan fingerprint density at radius 1 is 1.38 bits per heavy atom. The molecule has 0 atom stereocenters.